The van der Waals surface area contributed by atoms with Gasteiger partial charge in [-0.25, -0.2) is 4.98 Å². The number of amides is 2. The van der Waals surface area contributed by atoms with E-state index in [0.29, 0.717) is 0 Å². The summed E-state index contributed by atoms with van der Waals surface area (Å²) in [5.41, 5.74) is 2.14. The molecule has 1 N–H and O–H groups in total. The molecule has 2 aliphatic heterocycles. The number of likely N-dealkylation sites (tertiary alicyclic amines) is 1. The fourth-order valence-electron chi connectivity index (χ4n) is 3.05. The van der Waals surface area contributed by atoms with E-state index in [1.54, 1.807) is 7.05 Å². The predicted molar refractivity (Wildman–Crippen MR) is 73.2 cm³/mol. The van der Waals surface area contributed by atoms with Crippen molar-refractivity contribution >= 4 is 11.8 Å². The second-order valence-electron chi connectivity index (χ2n) is 5.83. The largest absolute Gasteiger partial charge is 0.318 e. The number of likely N-dealkylation sites (N-methyl/N-ethyl adjacent to an activating group) is 1. The van der Waals surface area contributed by atoms with Crippen LogP contribution >= 0.6 is 0 Å². The minimum absolute atomic E-state index is 0.105. The van der Waals surface area contributed by atoms with E-state index in [4.69, 9.17) is 4.98 Å². The lowest BCUT2D eigenvalue weighted by Crippen LogP contribution is -2.30. The molecule has 1 saturated heterocycles. The highest BCUT2D eigenvalue weighted by atomic mass is 16.2. The molecule has 0 aromatic carbocycles. The summed E-state index contributed by atoms with van der Waals surface area (Å²) >= 11 is 0. The molecule has 3 heterocycles. The van der Waals surface area contributed by atoms with E-state index >= 15 is 0 Å². The van der Waals surface area contributed by atoms with Crippen molar-refractivity contribution in [3.63, 3.8) is 0 Å². The molecule has 3 rings (SSSR count). The SMILES string of the molecule is CC(C)c1nc2c(n1C1CC(=O)N(C)C1=O)CCNC2. The van der Waals surface area contributed by atoms with Gasteiger partial charge in [-0.2, -0.15) is 0 Å². The van der Waals surface area contributed by atoms with Crippen LogP contribution in [0.25, 0.3) is 0 Å². The molecule has 2 amide bonds. The number of aromatic nitrogens is 2. The third-order valence-electron chi connectivity index (χ3n) is 4.14. The molecule has 6 nitrogen and oxygen atoms in total. The zero-order valence-electron chi connectivity index (χ0n) is 12.1. The highest BCUT2D eigenvalue weighted by molar-refractivity contribution is 6.04. The second kappa shape index (κ2) is 4.70. The third-order valence-corrected chi connectivity index (χ3v) is 4.14. The van der Waals surface area contributed by atoms with E-state index in [1.165, 1.54) is 4.90 Å². The van der Waals surface area contributed by atoms with E-state index in [9.17, 15) is 9.59 Å². The quantitative estimate of drug-likeness (QED) is 0.803. The number of imidazole rings is 1. The fourth-order valence-corrected chi connectivity index (χ4v) is 3.05. The van der Waals surface area contributed by atoms with E-state index in [-0.39, 0.29) is 24.2 Å². The van der Waals surface area contributed by atoms with E-state index in [0.717, 1.165) is 36.7 Å². The zero-order chi connectivity index (χ0) is 14.4. The maximum atomic E-state index is 12.3. The van der Waals surface area contributed by atoms with Gasteiger partial charge in [-0.15, -0.1) is 0 Å². The summed E-state index contributed by atoms with van der Waals surface area (Å²) < 4.78 is 2.03. The first-order valence-corrected chi connectivity index (χ1v) is 7.11. The summed E-state index contributed by atoms with van der Waals surface area (Å²) in [7, 11) is 1.56. The average Bonchev–Trinajstić information content (AvgIpc) is 2.92. The summed E-state index contributed by atoms with van der Waals surface area (Å²) in [5, 5.41) is 3.30. The molecular formula is C14H20N4O2. The fraction of sp³-hybridized carbons (Fsp3) is 0.643. The molecule has 1 aromatic rings. The maximum Gasteiger partial charge on any atom is 0.252 e. The summed E-state index contributed by atoms with van der Waals surface area (Å²) in [5.74, 6) is 0.927. The molecule has 1 aromatic heterocycles. The lowest BCUT2D eigenvalue weighted by atomic mass is 10.1. The van der Waals surface area contributed by atoms with Crippen LogP contribution in [0.2, 0.25) is 0 Å². The Kier molecular flexibility index (Phi) is 3.12. The van der Waals surface area contributed by atoms with Crippen molar-refractivity contribution in [2.45, 2.75) is 45.2 Å². The number of nitrogens with zero attached hydrogens (tertiary/aromatic N) is 3. The number of nitrogens with one attached hydrogen (secondary N) is 1. The van der Waals surface area contributed by atoms with E-state index < -0.39 is 6.04 Å². The highest BCUT2D eigenvalue weighted by Crippen LogP contribution is 2.31. The molecule has 0 bridgehead atoms. The van der Waals surface area contributed by atoms with Gasteiger partial charge >= 0.3 is 0 Å². The smallest absolute Gasteiger partial charge is 0.252 e. The first-order chi connectivity index (χ1) is 9.50. The number of hydrogen-bond donors (Lipinski definition) is 1. The molecular weight excluding hydrogens is 256 g/mol. The van der Waals surface area contributed by atoms with Crippen molar-refractivity contribution in [2.75, 3.05) is 13.6 Å². The molecule has 0 aliphatic carbocycles. The minimum atomic E-state index is -0.403. The van der Waals surface area contributed by atoms with Crippen LogP contribution in [0.4, 0.5) is 0 Å². The van der Waals surface area contributed by atoms with Gasteiger partial charge in [0.2, 0.25) is 5.91 Å². The van der Waals surface area contributed by atoms with Crippen molar-refractivity contribution < 1.29 is 9.59 Å². The van der Waals surface area contributed by atoms with Gasteiger partial charge in [0.05, 0.1) is 12.1 Å². The lowest BCUT2D eigenvalue weighted by molar-refractivity contribution is -0.137. The molecule has 1 unspecified atom stereocenters. The Morgan fingerprint density at radius 3 is 2.70 bits per heavy atom. The van der Waals surface area contributed by atoms with Gasteiger partial charge < -0.3 is 9.88 Å². The molecule has 0 radical (unpaired) electrons. The van der Waals surface area contributed by atoms with Crippen LogP contribution in [0.3, 0.4) is 0 Å². The van der Waals surface area contributed by atoms with Crippen LogP contribution in [-0.4, -0.2) is 39.9 Å². The summed E-state index contributed by atoms with van der Waals surface area (Å²) in [6, 6.07) is -0.403. The Morgan fingerprint density at radius 1 is 1.35 bits per heavy atom. The molecule has 1 fully saturated rings. The molecule has 2 aliphatic rings. The van der Waals surface area contributed by atoms with Gasteiger partial charge in [0.15, 0.2) is 0 Å². The van der Waals surface area contributed by atoms with Crippen molar-refractivity contribution in [1.82, 2.24) is 19.8 Å². The molecule has 1 atom stereocenters. The Balaban J connectivity index is 2.10. The van der Waals surface area contributed by atoms with Gasteiger partial charge in [-0.05, 0) is 0 Å². The lowest BCUT2D eigenvalue weighted by Gasteiger charge is -2.20. The molecule has 0 saturated carbocycles. The van der Waals surface area contributed by atoms with E-state index in [2.05, 4.69) is 19.2 Å². The number of hydrogen-bond acceptors (Lipinski definition) is 4. The number of rotatable bonds is 2. The van der Waals surface area contributed by atoms with Crippen molar-refractivity contribution in [2.24, 2.45) is 0 Å². The Labute approximate surface area is 118 Å². The summed E-state index contributed by atoms with van der Waals surface area (Å²) in [6.45, 7) is 5.78. The Morgan fingerprint density at radius 2 is 2.10 bits per heavy atom. The summed E-state index contributed by atoms with van der Waals surface area (Å²) in [4.78, 5) is 30.1. The van der Waals surface area contributed by atoms with E-state index in [1.807, 2.05) is 4.57 Å². The van der Waals surface area contributed by atoms with Crippen molar-refractivity contribution in [3.8, 4) is 0 Å². The normalized spacial score (nSPS) is 22.8. The van der Waals surface area contributed by atoms with Crippen LogP contribution in [-0.2, 0) is 22.6 Å². The molecule has 6 heteroatoms. The predicted octanol–water partition coefficient (Wildman–Crippen LogP) is 0.582. The zero-order valence-corrected chi connectivity index (χ0v) is 12.1. The highest BCUT2D eigenvalue weighted by Gasteiger charge is 2.40. The first kappa shape index (κ1) is 13.3. The van der Waals surface area contributed by atoms with Gasteiger partial charge in [0.25, 0.3) is 5.91 Å². The standard InChI is InChI=1S/C14H20N4O2/c1-8(2)13-16-9-7-15-5-4-10(9)18(13)11-6-12(19)17(3)14(11)20/h8,11,15H,4-7H2,1-3H3. The second-order valence-corrected chi connectivity index (χ2v) is 5.83. The average molecular weight is 276 g/mol. The molecule has 108 valence electrons. The minimum Gasteiger partial charge on any atom is -0.318 e. The van der Waals surface area contributed by atoms with Gasteiger partial charge in [0, 0.05) is 38.2 Å². The number of carbonyl (C=O) groups excluding carboxylic acids is 2. The van der Waals surface area contributed by atoms with Crippen molar-refractivity contribution in [1.29, 1.82) is 0 Å². The molecule has 0 spiro atoms. The number of imide groups is 1. The van der Waals surface area contributed by atoms with Crippen LogP contribution in [0.15, 0.2) is 0 Å². The van der Waals surface area contributed by atoms with Crippen LogP contribution in [0.1, 0.15) is 49.4 Å². The number of carbonyl (C=O) groups is 2. The van der Waals surface area contributed by atoms with Gasteiger partial charge in [-0.3, -0.25) is 14.5 Å². The summed E-state index contributed by atoms with van der Waals surface area (Å²) in [6.07, 6.45) is 1.11. The third kappa shape index (κ3) is 1.86. The Bertz CT molecular complexity index is 576. The van der Waals surface area contributed by atoms with Crippen LogP contribution < -0.4 is 5.32 Å². The first-order valence-electron chi connectivity index (χ1n) is 7.11. The monoisotopic (exact) mass is 276 g/mol. The van der Waals surface area contributed by atoms with Gasteiger partial charge in [-0.1, -0.05) is 13.8 Å². The van der Waals surface area contributed by atoms with Crippen LogP contribution in [0, 0.1) is 0 Å². The maximum absolute atomic E-state index is 12.3. The van der Waals surface area contributed by atoms with Crippen molar-refractivity contribution in [3.05, 3.63) is 17.2 Å². The van der Waals surface area contributed by atoms with Gasteiger partial charge in [0.1, 0.15) is 11.9 Å². The number of fused-ring (bicyclic) bond motifs is 1. The Hall–Kier alpha value is -1.69. The topological polar surface area (TPSA) is 67.2 Å². The van der Waals surface area contributed by atoms with Crippen LogP contribution in [0.5, 0.6) is 0 Å². The molecule has 20 heavy (non-hydrogen) atoms.